The molecule has 0 atom stereocenters. The summed E-state index contributed by atoms with van der Waals surface area (Å²) in [5.74, 6) is -0.0407. The maximum atomic E-state index is 11.9. The lowest BCUT2D eigenvalue weighted by Crippen LogP contribution is -2.36. The highest BCUT2D eigenvalue weighted by atomic mass is 16.3. The molecule has 5 heteroatoms. The fourth-order valence-electron chi connectivity index (χ4n) is 2.31. The van der Waals surface area contributed by atoms with Gasteiger partial charge in [-0.1, -0.05) is 0 Å². The van der Waals surface area contributed by atoms with E-state index in [9.17, 15) is 15.0 Å². The van der Waals surface area contributed by atoms with Crippen molar-refractivity contribution in [2.24, 2.45) is 5.92 Å². The molecule has 1 amide bonds. The molecule has 1 saturated heterocycles. The summed E-state index contributed by atoms with van der Waals surface area (Å²) < 4.78 is 0. The van der Waals surface area contributed by atoms with Crippen molar-refractivity contribution in [2.45, 2.75) is 12.8 Å². The van der Waals surface area contributed by atoms with E-state index < -0.39 is 0 Å². The largest absolute Gasteiger partial charge is 0.508 e. The Hall–Kier alpha value is -1.75. The number of nitrogens with zero attached hydrogens (tertiary/aromatic N) is 1. The van der Waals surface area contributed by atoms with Gasteiger partial charge in [0.05, 0.1) is 5.56 Å². The van der Waals surface area contributed by atoms with Crippen molar-refractivity contribution in [3.63, 3.8) is 0 Å². The number of likely N-dealkylation sites (tertiary alicyclic amines) is 1. The third-order valence-electron chi connectivity index (χ3n) is 3.62. The lowest BCUT2D eigenvalue weighted by atomic mass is 9.97. The van der Waals surface area contributed by atoms with E-state index in [1.807, 2.05) is 0 Å². The lowest BCUT2D eigenvalue weighted by molar-refractivity contribution is 0.0936. The van der Waals surface area contributed by atoms with Crippen LogP contribution in [0.5, 0.6) is 11.5 Å². The van der Waals surface area contributed by atoms with E-state index >= 15 is 0 Å². The molecule has 19 heavy (non-hydrogen) atoms. The summed E-state index contributed by atoms with van der Waals surface area (Å²) in [5, 5.41) is 21.6. The molecule has 1 fully saturated rings. The number of hydrogen-bond donors (Lipinski definition) is 3. The van der Waals surface area contributed by atoms with Crippen LogP contribution in [0.2, 0.25) is 0 Å². The summed E-state index contributed by atoms with van der Waals surface area (Å²) in [4.78, 5) is 14.2. The van der Waals surface area contributed by atoms with Crippen molar-refractivity contribution < 1.29 is 15.0 Å². The summed E-state index contributed by atoms with van der Waals surface area (Å²) in [6, 6.07) is 3.99. The summed E-state index contributed by atoms with van der Waals surface area (Å²) >= 11 is 0. The van der Waals surface area contributed by atoms with Gasteiger partial charge in [-0.25, -0.2) is 0 Å². The zero-order valence-electron chi connectivity index (χ0n) is 11.1. The standard InChI is InChI=1S/C14H20N2O3/c1-16-6-4-10(5-7-16)9-15-14(19)12-3-2-11(17)8-13(12)18/h2-3,8,10,17-18H,4-7,9H2,1H3,(H,15,19). The Labute approximate surface area is 112 Å². The predicted octanol–water partition coefficient (Wildman–Crippen LogP) is 1.17. The van der Waals surface area contributed by atoms with Crippen LogP contribution in [0.25, 0.3) is 0 Å². The minimum atomic E-state index is -0.295. The van der Waals surface area contributed by atoms with Crippen LogP contribution >= 0.6 is 0 Å². The molecular weight excluding hydrogens is 244 g/mol. The minimum Gasteiger partial charge on any atom is -0.508 e. The van der Waals surface area contributed by atoms with Gasteiger partial charge in [0.1, 0.15) is 11.5 Å². The minimum absolute atomic E-state index is 0.0515. The normalized spacial score (nSPS) is 17.3. The predicted molar refractivity (Wildman–Crippen MR) is 72.3 cm³/mol. The molecule has 0 radical (unpaired) electrons. The molecule has 104 valence electrons. The quantitative estimate of drug-likeness (QED) is 0.766. The Morgan fingerprint density at radius 1 is 1.37 bits per heavy atom. The van der Waals surface area contributed by atoms with Gasteiger partial charge < -0.3 is 20.4 Å². The third kappa shape index (κ3) is 3.61. The number of phenols is 2. The average molecular weight is 264 g/mol. The monoisotopic (exact) mass is 264 g/mol. The van der Waals surface area contributed by atoms with Crippen LogP contribution in [0.1, 0.15) is 23.2 Å². The van der Waals surface area contributed by atoms with Crippen LogP contribution < -0.4 is 5.32 Å². The van der Waals surface area contributed by atoms with Gasteiger partial charge in [-0.3, -0.25) is 4.79 Å². The van der Waals surface area contributed by atoms with E-state index in [1.54, 1.807) is 0 Å². The number of aromatic hydroxyl groups is 2. The second-order valence-corrected chi connectivity index (χ2v) is 5.16. The van der Waals surface area contributed by atoms with Crippen molar-refractivity contribution in [1.82, 2.24) is 10.2 Å². The molecule has 1 aromatic carbocycles. The fraction of sp³-hybridized carbons (Fsp3) is 0.500. The Bertz CT molecular complexity index is 454. The molecule has 1 heterocycles. The molecule has 2 rings (SSSR count). The molecule has 1 aliphatic rings. The number of piperidine rings is 1. The number of benzene rings is 1. The Morgan fingerprint density at radius 3 is 2.68 bits per heavy atom. The maximum absolute atomic E-state index is 11.9. The molecule has 3 N–H and O–H groups in total. The van der Waals surface area contributed by atoms with E-state index in [4.69, 9.17) is 0 Å². The Kier molecular flexibility index (Phi) is 4.27. The second kappa shape index (κ2) is 5.93. The Balaban J connectivity index is 1.87. The van der Waals surface area contributed by atoms with E-state index in [0.717, 1.165) is 25.9 Å². The van der Waals surface area contributed by atoms with E-state index in [2.05, 4.69) is 17.3 Å². The second-order valence-electron chi connectivity index (χ2n) is 5.16. The van der Waals surface area contributed by atoms with Gasteiger partial charge in [0.2, 0.25) is 0 Å². The summed E-state index contributed by atoms with van der Waals surface area (Å²) in [6.07, 6.45) is 2.16. The van der Waals surface area contributed by atoms with Gasteiger partial charge in [0.25, 0.3) is 5.91 Å². The van der Waals surface area contributed by atoms with Crippen LogP contribution in [0.3, 0.4) is 0 Å². The van der Waals surface area contributed by atoms with Crippen LogP contribution in [0.15, 0.2) is 18.2 Å². The topological polar surface area (TPSA) is 72.8 Å². The molecular formula is C14H20N2O3. The zero-order chi connectivity index (χ0) is 13.8. The number of hydrogen-bond acceptors (Lipinski definition) is 4. The first-order valence-electron chi connectivity index (χ1n) is 6.55. The first-order chi connectivity index (χ1) is 9.06. The van der Waals surface area contributed by atoms with Crippen LogP contribution in [0.4, 0.5) is 0 Å². The van der Waals surface area contributed by atoms with Crippen molar-refractivity contribution >= 4 is 5.91 Å². The SMILES string of the molecule is CN1CCC(CNC(=O)c2ccc(O)cc2O)CC1. The average Bonchev–Trinajstić information content (AvgIpc) is 2.37. The fourth-order valence-corrected chi connectivity index (χ4v) is 2.31. The van der Waals surface area contributed by atoms with Crippen molar-refractivity contribution in [3.8, 4) is 11.5 Å². The Morgan fingerprint density at radius 2 is 2.05 bits per heavy atom. The number of carbonyl (C=O) groups excluding carboxylic acids is 1. The van der Waals surface area contributed by atoms with Crippen LogP contribution in [0, 0.1) is 5.92 Å². The molecule has 0 unspecified atom stereocenters. The van der Waals surface area contributed by atoms with Gasteiger partial charge >= 0.3 is 0 Å². The number of phenolic OH excluding ortho intramolecular Hbond substituents is 2. The number of nitrogens with one attached hydrogen (secondary N) is 1. The van der Waals surface area contributed by atoms with Gasteiger partial charge in [-0.05, 0) is 51.0 Å². The lowest BCUT2D eigenvalue weighted by Gasteiger charge is -2.28. The first-order valence-corrected chi connectivity index (χ1v) is 6.55. The molecule has 0 spiro atoms. The highest BCUT2D eigenvalue weighted by Gasteiger charge is 2.18. The molecule has 0 aromatic heterocycles. The first kappa shape index (κ1) is 13.7. The molecule has 0 bridgehead atoms. The zero-order valence-corrected chi connectivity index (χ0v) is 11.1. The van der Waals surface area contributed by atoms with Gasteiger partial charge in [0, 0.05) is 12.6 Å². The highest BCUT2D eigenvalue weighted by Crippen LogP contribution is 2.22. The van der Waals surface area contributed by atoms with Gasteiger partial charge in [-0.2, -0.15) is 0 Å². The summed E-state index contributed by atoms with van der Waals surface area (Å²) in [6.45, 7) is 2.75. The van der Waals surface area contributed by atoms with Crippen molar-refractivity contribution in [1.29, 1.82) is 0 Å². The van der Waals surface area contributed by atoms with Crippen LogP contribution in [-0.4, -0.2) is 47.7 Å². The van der Waals surface area contributed by atoms with E-state index in [-0.39, 0.29) is 23.0 Å². The number of rotatable bonds is 3. The maximum Gasteiger partial charge on any atom is 0.255 e. The van der Waals surface area contributed by atoms with Crippen molar-refractivity contribution in [2.75, 3.05) is 26.7 Å². The molecule has 5 nitrogen and oxygen atoms in total. The van der Waals surface area contributed by atoms with E-state index in [1.165, 1.54) is 18.2 Å². The van der Waals surface area contributed by atoms with Gasteiger partial charge in [-0.15, -0.1) is 0 Å². The molecule has 0 saturated carbocycles. The summed E-state index contributed by atoms with van der Waals surface area (Å²) in [7, 11) is 2.10. The number of amides is 1. The van der Waals surface area contributed by atoms with Gasteiger partial charge in [0.15, 0.2) is 0 Å². The third-order valence-corrected chi connectivity index (χ3v) is 3.62. The molecule has 1 aliphatic heterocycles. The van der Waals surface area contributed by atoms with E-state index in [0.29, 0.717) is 12.5 Å². The highest BCUT2D eigenvalue weighted by molar-refractivity contribution is 5.96. The number of carbonyl (C=O) groups is 1. The molecule has 0 aliphatic carbocycles. The van der Waals surface area contributed by atoms with Crippen LogP contribution in [-0.2, 0) is 0 Å². The summed E-state index contributed by atoms with van der Waals surface area (Å²) in [5.41, 5.74) is 0.200. The smallest absolute Gasteiger partial charge is 0.255 e. The molecule has 1 aromatic rings. The van der Waals surface area contributed by atoms with Crippen molar-refractivity contribution in [3.05, 3.63) is 23.8 Å².